The van der Waals surface area contributed by atoms with Crippen LogP contribution in [0.2, 0.25) is 0 Å². The van der Waals surface area contributed by atoms with E-state index >= 15 is 0 Å². The van der Waals surface area contributed by atoms with Crippen LogP contribution in [0.15, 0.2) is 11.6 Å². The SMILES string of the molecule is [2H]C1([2H])C[C@H]2[C@@H]3CCC4=C[C@@H](O)CC[C@@H]4[C@H]3CC[C@]2(C)[C@@]1([2H])O. The summed E-state index contributed by atoms with van der Waals surface area (Å²) in [5, 5.41) is 20.6. The van der Waals surface area contributed by atoms with Gasteiger partial charge < -0.3 is 10.2 Å². The molecule has 0 aromatic rings. The van der Waals surface area contributed by atoms with Crippen molar-refractivity contribution in [2.75, 3.05) is 0 Å². The van der Waals surface area contributed by atoms with Gasteiger partial charge in [-0.25, -0.2) is 0 Å². The van der Waals surface area contributed by atoms with Gasteiger partial charge in [-0.3, -0.25) is 0 Å². The molecule has 4 rings (SSSR count). The first-order chi connectivity index (χ1) is 10.7. The van der Waals surface area contributed by atoms with Crippen LogP contribution < -0.4 is 0 Å². The highest BCUT2D eigenvalue weighted by Gasteiger charge is 2.55. The van der Waals surface area contributed by atoms with Gasteiger partial charge in [0.05, 0.1) is 13.6 Å². The Morgan fingerprint density at radius 3 is 2.90 bits per heavy atom. The number of allylic oxidation sites excluding steroid dienone is 1. The van der Waals surface area contributed by atoms with E-state index in [-0.39, 0.29) is 12.0 Å². The largest absolute Gasteiger partial charge is 0.393 e. The zero-order chi connectivity index (χ0) is 16.6. The summed E-state index contributed by atoms with van der Waals surface area (Å²) < 4.78 is 24.8. The summed E-state index contributed by atoms with van der Waals surface area (Å²) in [6, 6.07) is 0. The third-order valence-electron chi connectivity index (χ3n) is 6.85. The van der Waals surface area contributed by atoms with E-state index < -0.39 is 17.9 Å². The average molecular weight is 279 g/mol. The van der Waals surface area contributed by atoms with Crippen LogP contribution in [0.3, 0.4) is 0 Å². The molecule has 0 bridgehead atoms. The van der Waals surface area contributed by atoms with Gasteiger partial charge in [0.25, 0.3) is 0 Å². The van der Waals surface area contributed by atoms with E-state index in [1.54, 1.807) is 0 Å². The number of rotatable bonds is 0. The molecule has 112 valence electrons. The average Bonchev–Trinajstić information content (AvgIpc) is 2.62. The maximum Gasteiger partial charge on any atom is 0.0723 e. The van der Waals surface area contributed by atoms with E-state index in [9.17, 15) is 10.2 Å². The van der Waals surface area contributed by atoms with Gasteiger partial charge >= 0.3 is 0 Å². The molecule has 4 aliphatic rings. The van der Waals surface area contributed by atoms with Crippen LogP contribution in [-0.4, -0.2) is 22.4 Å². The van der Waals surface area contributed by atoms with E-state index in [1.165, 1.54) is 5.57 Å². The topological polar surface area (TPSA) is 40.5 Å². The molecule has 0 aliphatic heterocycles. The van der Waals surface area contributed by atoms with Gasteiger partial charge in [0, 0.05) is 2.74 Å². The third kappa shape index (κ3) is 1.77. The molecule has 3 saturated carbocycles. The quantitative estimate of drug-likeness (QED) is 0.668. The lowest BCUT2D eigenvalue weighted by molar-refractivity contribution is -0.0548. The van der Waals surface area contributed by atoms with E-state index in [4.69, 9.17) is 4.11 Å². The van der Waals surface area contributed by atoms with Gasteiger partial charge in [-0.15, -0.1) is 0 Å². The van der Waals surface area contributed by atoms with Gasteiger partial charge in [0.1, 0.15) is 0 Å². The Hall–Kier alpha value is -0.340. The molecule has 4 aliphatic carbocycles. The highest BCUT2D eigenvalue weighted by Crippen LogP contribution is 2.61. The van der Waals surface area contributed by atoms with E-state index in [0.717, 1.165) is 38.5 Å². The van der Waals surface area contributed by atoms with E-state index in [2.05, 4.69) is 6.08 Å². The second-order valence-corrected chi connectivity index (χ2v) is 7.65. The van der Waals surface area contributed by atoms with Crippen LogP contribution in [0, 0.1) is 29.1 Å². The Morgan fingerprint density at radius 1 is 1.20 bits per heavy atom. The first-order valence-corrected chi connectivity index (χ1v) is 8.28. The number of fused-ring (bicyclic) bond motifs is 5. The summed E-state index contributed by atoms with van der Waals surface area (Å²) in [5.74, 6) is 1.60. The monoisotopic (exact) mass is 279 g/mol. The van der Waals surface area contributed by atoms with Crippen LogP contribution in [0.25, 0.3) is 0 Å². The minimum absolute atomic E-state index is 0.104. The molecule has 0 aromatic heterocycles. The molecule has 0 amide bonds. The summed E-state index contributed by atoms with van der Waals surface area (Å²) in [6.45, 7) is 1.95. The highest BCUT2D eigenvalue weighted by atomic mass is 16.3. The molecule has 0 saturated heterocycles. The van der Waals surface area contributed by atoms with Crippen LogP contribution in [-0.2, 0) is 0 Å². The van der Waals surface area contributed by atoms with Gasteiger partial charge in [-0.1, -0.05) is 18.6 Å². The Kier molecular flexibility index (Phi) is 2.38. The van der Waals surface area contributed by atoms with Crippen molar-refractivity contribution in [2.45, 2.75) is 70.4 Å². The van der Waals surface area contributed by atoms with Crippen molar-refractivity contribution in [3.63, 3.8) is 0 Å². The molecule has 7 atom stereocenters. The molecule has 0 radical (unpaired) electrons. The first kappa shape index (κ1) is 10.4. The van der Waals surface area contributed by atoms with Gasteiger partial charge in [-0.05, 0) is 80.4 Å². The lowest BCUT2D eigenvalue weighted by atomic mass is 9.52. The smallest absolute Gasteiger partial charge is 0.0723 e. The standard InChI is InChI=1S/C18H28O2/c1-18-9-8-14-13-5-3-12(19)10-11(13)2-4-15(14)16(18)6-7-17(18)20/h10,12-17,19-20H,2-9H2,1H3/t12-,13-,14+,15+,16-,17-,18-/m0/s1/i7D2,17D. The van der Waals surface area contributed by atoms with Gasteiger partial charge in [0.2, 0.25) is 0 Å². The minimum atomic E-state index is -1.98. The summed E-state index contributed by atoms with van der Waals surface area (Å²) in [4.78, 5) is 0. The van der Waals surface area contributed by atoms with E-state index in [0.29, 0.717) is 24.2 Å². The molecular formula is C18H28O2. The van der Waals surface area contributed by atoms with Crippen LogP contribution in [0.5, 0.6) is 0 Å². The predicted molar refractivity (Wildman–Crippen MR) is 79.1 cm³/mol. The van der Waals surface area contributed by atoms with Crippen molar-refractivity contribution in [1.29, 1.82) is 0 Å². The molecular weight excluding hydrogens is 248 g/mol. The Morgan fingerprint density at radius 2 is 2.05 bits per heavy atom. The predicted octanol–water partition coefficient (Wildman–Crippen LogP) is 3.28. The second-order valence-electron chi connectivity index (χ2n) is 7.65. The summed E-state index contributed by atoms with van der Waals surface area (Å²) >= 11 is 0. The molecule has 2 nitrogen and oxygen atoms in total. The summed E-state index contributed by atoms with van der Waals surface area (Å²) in [5.41, 5.74) is 0.781. The lowest BCUT2D eigenvalue weighted by Crippen LogP contribution is -2.47. The van der Waals surface area contributed by atoms with Gasteiger partial charge in [-0.2, -0.15) is 0 Å². The van der Waals surface area contributed by atoms with Crippen molar-refractivity contribution in [2.24, 2.45) is 29.1 Å². The first-order valence-electron chi connectivity index (χ1n) is 9.78. The molecule has 0 unspecified atom stereocenters. The molecule has 0 spiro atoms. The summed E-state index contributed by atoms with van der Waals surface area (Å²) in [6.07, 6.45) is 3.91. The number of hydrogen-bond donors (Lipinski definition) is 2. The van der Waals surface area contributed by atoms with Crippen LogP contribution in [0.1, 0.15) is 62.4 Å². The Bertz CT molecular complexity index is 544. The summed E-state index contributed by atoms with van der Waals surface area (Å²) in [7, 11) is 0. The zero-order valence-electron chi connectivity index (χ0n) is 15.3. The number of aliphatic hydroxyl groups excluding tert-OH is 1. The van der Waals surface area contributed by atoms with Gasteiger partial charge in [0.15, 0.2) is 0 Å². The molecule has 20 heavy (non-hydrogen) atoms. The Labute approximate surface area is 126 Å². The normalized spacial score (nSPS) is 63.0. The molecule has 2 N–H and O–H groups in total. The van der Waals surface area contributed by atoms with E-state index in [1.807, 2.05) is 6.92 Å². The van der Waals surface area contributed by atoms with Crippen molar-refractivity contribution in [3.8, 4) is 0 Å². The van der Waals surface area contributed by atoms with Crippen molar-refractivity contribution >= 4 is 0 Å². The second kappa shape index (κ2) is 4.58. The van der Waals surface area contributed by atoms with Crippen LogP contribution >= 0.6 is 0 Å². The van der Waals surface area contributed by atoms with Crippen molar-refractivity contribution < 1.29 is 14.3 Å². The fourth-order valence-corrected chi connectivity index (χ4v) is 5.71. The highest BCUT2D eigenvalue weighted by molar-refractivity contribution is 5.20. The van der Waals surface area contributed by atoms with Crippen molar-refractivity contribution in [1.82, 2.24) is 0 Å². The minimum Gasteiger partial charge on any atom is -0.393 e. The van der Waals surface area contributed by atoms with Crippen molar-refractivity contribution in [3.05, 3.63) is 11.6 Å². The number of hydrogen-bond acceptors (Lipinski definition) is 2. The zero-order valence-corrected chi connectivity index (χ0v) is 12.3. The maximum atomic E-state index is 10.7. The molecule has 0 aromatic carbocycles. The fraction of sp³-hybridized carbons (Fsp3) is 0.889. The molecule has 2 heteroatoms. The fourth-order valence-electron chi connectivity index (χ4n) is 5.71. The molecule has 0 heterocycles. The third-order valence-corrected chi connectivity index (χ3v) is 6.85. The Balaban J connectivity index is 1.67. The lowest BCUT2D eigenvalue weighted by Gasteiger charge is -2.53. The molecule has 3 fully saturated rings. The number of aliphatic hydroxyl groups is 2. The van der Waals surface area contributed by atoms with Crippen LogP contribution in [0.4, 0.5) is 0 Å². The maximum absolute atomic E-state index is 10.7.